The van der Waals surface area contributed by atoms with E-state index >= 15 is 0 Å². The van der Waals surface area contributed by atoms with Crippen LogP contribution in [0.15, 0.2) is 24.3 Å². The van der Waals surface area contributed by atoms with Gasteiger partial charge >= 0.3 is 0 Å². The molecule has 0 amide bonds. The monoisotopic (exact) mass is 248 g/mol. The smallest absolute Gasteiger partial charge is 0.123 e. The first kappa shape index (κ1) is 13.4. The molecule has 1 aliphatic heterocycles. The van der Waals surface area contributed by atoms with Crippen molar-refractivity contribution < 1.29 is 4.74 Å². The zero-order valence-electron chi connectivity index (χ0n) is 11.6. The zero-order chi connectivity index (χ0) is 13.0. The number of para-hydroxylation sites is 1. The molecule has 1 aromatic rings. The molecule has 1 heterocycles. The van der Waals surface area contributed by atoms with E-state index in [0.717, 1.165) is 18.2 Å². The van der Waals surface area contributed by atoms with Gasteiger partial charge in [-0.25, -0.2) is 0 Å². The summed E-state index contributed by atoms with van der Waals surface area (Å²) in [6.45, 7) is 5.74. The quantitative estimate of drug-likeness (QED) is 0.865. The molecule has 100 valence electrons. The van der Waals surface area contributed by atoms with E-state index in [9.17, 15) is 0 Å². The van der Waals surface area contributed by atoms with Gasteiger partial charge in [-0.2, -0.15) is 0 Å². The number of nitrogens with one attached hydrogen (secondary N) is 1. The molecule has 2 unspecified atom stereocenters. The maximum atomic E-state index is 5.41. The minimum absolute atomic E-state index is 0.340. The highest BCUT2D eigenvalue weighted by molar-refractivity contribution is 5.35. The predicted molar refractivity (Wildman–Crippen MR) is 75.0 cm³/mol. The molecule has 0 bridgehead atoms. The van der Waals surface area contributed by atoms with E-state index < -0.39 is 0 Å². The number of ether oxygens (including phenoxy) is 1. The van der Waals surface area contributed by atoms with Crippen molar-refractivity contribution in [3.8, 4) is 5.75 Å². The molecule has 0 aromatic heterocycles. The van der Waals surface area contributed by atoms with Crippen molar-refractivity contribution >= 4 is 0 Å². The highest BCUT2D eigenvalue weighted by Gasteiger charge is 2.20. The van der Waals surface area contributed by atoms with Gasteiger partial charge < -0.3 is 15.0 Å². The van der Waals surface area contributed by atoms with E-state index in [1.165, 1.54) is 25.1 Å². The highest BCUT2D eigenvalue weighted by atomic mass is 16.5. The molecule has 1 aromatic carbocycles. The van der Waals surface area contributed by atoms with Crippen LogP contribution in [0.2, 0.25) is 0 Å². The van der Waals surface area contributed by atoms with Gasteiger partial charge in [0.1, 0.15) is 5.75 Å². The Morgan fingerprint density at radius 1 is 1.44 bits per heavy atom. The minimum Gasteiger partial charge on any atom is -0.496 e. The number of benzene rings is 1. The third-order valence-corrected chi connectivity index (χ3v) is 3.81. The van der Waals surface area contributed by atoms with Crippen molar-refractivity contribution in [3.63, 3.8) is 0 Å². The van der Waals surface area contributed by atoms with Gasteiger partial charge in [0, 0.05) is 18.2 Å². The fourth-order valence-electron chi connectivity index (χ4n) is 2.67. The Morgan fingerprint density at radius 2 is 2.22 bits per heavy atom. The molecule has 0 aliphatic carbocycles. The molecule has 2 rings (SSSR count). The summed E-state index contributed by atoms with van der Waals surface area (Å²) in [6.07, 6.45) is 1.31. The highest BCUT2D eigenvalue weighted by Crippen LogP contribution is 2.24. The van der Waals surface area contributed by atoms with Crippen LogP contribution in [0.25, 0.3) is 0 Å². The molecule has 0 saturated carbocycles. The molecular formula is C15H24N2O. The first-order valence-corrected chi connectivity index (χ1v) is 6.75. The van der Waals surface area contributed by atoms with Crippen molar-refractivity contribution in [1.29, 1.82) is 0 Å². The summed E-state index contributed by atoms with van der Waals surface area (Å²) in [5, 5.41) is 3.63. The Balaban J connectivity index is 1.89. The van der Waals surface area contributed by atoms with Gasteiger partial charge in [0.25, 0.3) is 0 Å². The SMILES string of the molecule is COc1ccccc1C(C)NCC1CCN(C)C1. The molecule has 3 heteroatoms. The molecule has 0 spiro atoms. The number of hydrogen-bond donors (Lipinski definition) is 1. The van der Waals surface area contributed by atoms with Crippen LogP contribution in [-0.4, -0.2) is 38.7 Å². The molecule has 1 aliphatic rings. The third kappa shape index (κ3) is 3.24. The normalized spacial score (nSPS) is 22.1. The second-order valence-corrected chi connectivity index (χ2v) is 5.29. The van der Waals surface area contributed by atoms with E-state index in [1.807, 2.05) is 12.1 Å². The van der Waals surface area contributed by atoms with Crippen LogP contribution in [-0.2, 0) is 0 Å². The van der Waals surface area contributed by atoms with Gasteiger partial charge in [-0.3, -0.25) is 0 Å². The molecule has 1 N–H and O–H groups in total. The molecule has 2 atom stereocenters. The van der Waals surface area contributed by atoms with Crippen LogP contribution in [0.3, 0.4) is 0 Å². The lowest BCUT2D eigenvalue weighted by Crippen LogP contribution is -2.27. The first-order chi connectivity index (χ1) is 8.70. The van der Waals surface area contributed by atoms with Gasteiger partial charge in [0.15, 0.2) is 0 Å². The number of nitrogens with zero attached hydrogens (tertiary/aromatic N) is 1. The maximum Gasteiger partial charge on any atom is 0.123 e. The van der Waals surface area contributed by atoms with E-state index in [2.05, 4.69) is 36.3 Å². The third-order valence-electron chi connectivity index (χ3n) is 3.81. The second kappa shape index (κ2) is 6.21. The standard InChI is InChI=1S/C15H24N2O/c1-12(14-6-4-5-7-15(14)18-3)16-10-13-8-9-17(2)11-13/h4-7,12-13,16H,8-11H2,1-3H3. The molecule has 1 fully saturated rings. The Labute approximate surface area is 110 Å². The molecule has 18 heavy (non-hydrogen) atoms. The average Bonchev–Trinajstić information content (AvgIpc) is 2.81. The Morgan fingerprint density at radius 3 is 2.89 bits per heavy atom. The molecule has 0 radical (unpaired) electrons. The van der Waals surface area contributed by atoms with Crippen LogP contribution < -0.4 is 10.1 Å². The number of hydrogen-bond acceptors (Lipinski definition) is 3. The minimum atomic E-state index is 0.340. The first-order valence-electron chi connectivity index (χ1n) is 6.75. The number of likely N-dealkylation sites (tertiary alicyclic amines) is 1. The largest absolute Gasteiger partial charge is 0.496 e. The van der Waals surface area contributed by atoms with Crippen LogP contribution >= 0.6 is 0 Å². The molecular weight excluding hydrogens is 224 g/mol. The Hall–Kier alpha value is -1.06. The Kier molecular flexibility index (Phi) is 4.61. The number of rotatable bonds is 5. The van der Waals surface area contributed by atoms with E-state index in [-0.39, 0.29) is 0 Å². The molecule has 3 nitrogen and oxygen atoms in total. The van der Waals surface area contributed by atoms with E-state index in [0.29, 0.717) is 6.04 Å². The summed E-state index contributed by atoms with van der Waals surface area (Å²) in [7, 11) is 3.93. The van der Waals surface area contributed by atoms with Gasteiger partial charge in [-0.05, 0) is 45.5 Å². The summed E-state index contributed by atoms with van der Waals surface area (Å²) < 4.78 is 5.41. The lowest BCUT2D eigenvalue weighted by molar-refractivity contribution is 0.376. The topological polar surface area (TPSA) is 24.5 Å². The van der Waals surface area contributed by atoms with Crippen molar-refractivity contribution in [3.05, 3.63) is 29.8 Å². The number of methoxy groups -OCH3 is 1. The predicted octanol–water partition coefficient (Wildman–Crippen LogP) is 2.30. The van der Waals surface area contributed by atoms with Gasteiger partial charge in [0.05, 0.1) is 7.11 Å². The van der Waals surface area contributed by atoms with Gasteiger partial charge in [-0.1, -0.05) is 18.2 Å². The maximum absolute atomic E-state index is 5.41. The van der Waals surface area contributed by atoms with Crippen LogP contribution in [0, 0.1) is 5.92 Å². The van der Waals surface area contributed by atoms with Gasteiger partial charge in [-0.15, -0.1) is 0 Å². The van der Waals surface area contributed by atoms with Crippen molar-refractivity contribution in [1.82, 2.24) is 10.2 Å². The van der Waals surface area contributed by atoms with Crippen LogP contribution in [0.1, 0.15) is 24.9 Å². The molecule has 1 saturated heterocycles. The van der Waals surface area contributed by atoms with Gasteiger partial charge in [0.2, 0.25) is 0 Å². The average molecular weight is 248 g/mol. The van der Waals surface area contributed by atoms with E-state index in [4.69, 9.17) is 4.74 Å². The summed E-state index contributed by atoms with van der Waals surface area (Å²) >= 11 is 0. The van der Waals surface area contributed by atoms with Crippen molar-refractivity contribution in [2.45, 2.75) is 19.4 Å². The fourth-order valence-corrected chi connectivity index (χ4v) is 2.67. The summed E-state index contributed by atoms with van der Waals surface area (Å²) in [4.78, 5) is 2.40. The second-order valence-electron chi connectivity index (χ2n) is 5.29. The summed E-state index contributed by atoms with van der Waals surface area (Å²) in [5.41, 5.74) is 1.24. The summed E-state index contributed by atoms with van der Waals surface area (Å²) in [6, 6.07) is 8.58. The van der Waals surface area contributed by atoms with Crippen LogP contribution in [0.4, 0.5) is 0 Å². The zero-order valence-corrected chi connectivity index (χ0v) is 11.6. The van der Waals surface area contributed by atoms with Crippen LogP contribution in [0.5, 0.6) is 5.75 Å². The fraction of sp³-hybridized carbons (Fsp3) is 0.600. The Bertz CT molecular complexity index is 381. The lowest BCUT2D eigenvalue weighted by atomic mass is 10.1. The van der Waals surface area contributed by atoms with E-state index in [1.54, 1.807) is 7.11 Å². The summed E-state index contributed by atoms with van der Waals surface area (Å²) in [5.74, 6) is 1.76. The van der Waals surface area contributed by atoms with Crippen molar-refractivity contribution in [2.75, 3.05) is 33.8 Å². The lowest BCUT2D eigenvalue weighted by Gasteiger charge is -2.19. The van der Waals surface area contributed by atoms with Crippen molar-refractivity contribution in [2.24, 2.45) is 5.92 Å².